The van der Waals surface area contributed by atoms with Gasteiger partial charge in [-0.3, -0.25) is 0 Å². The average molecular weight is 337 g/mol. The van der Waals surface area contributed by atoms with Crippen molar-refractivity contribution in [2.24, 2.45) is 0 Å². The van der Waals surface area contributed by atoms with Gasteiger partial charge in [-0.15, -0.1) is 11.6 Å². The quantitative estimate of drug-likeness (QED) is 0.776. The molecule has 0 radical (unpaired) electrons. The summed E-state index contributed by atoms with van der Waals surface area (Å²) in [5, 5.41) is 0.402. The second-order valence-electron chi connectivity index (χ2n) is 4.85. The van der Waals surface area contributed by atoms with Gasteiger partial charge >= 0.3 is 0 Å². The Bertz CT molecular complexity index is 535. The van der Waals surface area contributed by atoms with E-state index in [1.807, 2.05) is 23.3 Å². The summed E-state index contributed by atoms with van der Waals surface area (Å²) >= 11 is 7.74. The Morgan fingerprint density at radius 3 is 2.75 bits per heavy atom. The fraction of sp³-hybridized carbons (Fsp3) is 0.692. The van der Waals surface area contributed by atoms with Gasteiger partial charge in [0.2, 0.25) is 10.0 Å². The van der Waals surface area contributed by atoms with E-state index in [4.69, 9.17) is 11.6 Å². The molecule has 1 aliphatic heterocycles. The van der Waals surface area contributed by atoms with E-state index >= 15 is 0 Å². The molecule has 1 atom stereocenters. The van der Waals surface area contributed by atoms with Gasteiger partial charge in [0.25, 0.3) is 0 Å². The van der Waals surface area contributed by atoms with Crippen LogP contribution in [-0.4, -0.2) is 41.4 Å². The van der Waals surface area contributed by atoms with Crippen molar-refractivity contribution in [3.05, 3.63) is 18.0 Å². The van der Waals surface area contributed by atoms with Crippen LogP contribution in [0.2, 0.25) is 0 Å². The molecule has 1 saturated heterocycles. The first kappa shape index (κ1) is 16.2. The lowest BCUT2D eigenvalue weighted by Crippen LogP contribution is -2.41. The Labute approximate surface area is 130 Å². The van der Waals surface area contributed by atoms with Crippen molar-refractivity contribution < 1.29 is 8.42 Å². The fourth-order valence-electron chi connectivity index (χ4n) is 2.38. The number of nitrogens with zero attached hydrogens (tertiary/aromatic N) is 2. The molecule has 0 bridgehead atoms. The monoisotopic (exact) mass is 336 g/mol. The number of hydrogen-bond donors (Lipinski definition) is 0. The molecule has 0 aliphatic carbocycles. The molecule has 1 aliphatic rings. The number of rotatable bonds is 5. The minimum absolute atomic E-state index is 0.330. The zero-order valence-electron chi connectivity index (χ0n) is 11.9. The third-order valence-electron chi connectivity index (χ3n) is 3.63. The zero-order valence-corrected chi connectivity index (χ0v) is 14.3. The zero-order chi connectivity index (χ0) is 14.8. The fourth-order valence-corrected chi connectivity index (χ4v) is 5.55. The van der Waals surface area contributed by atoms with Crippen LogP contribution in [0.1, 0.15) is 26.0 Å². The largest absolute Gasteiger partial charge is 0.349 e. The van der Waals surface area contributed by atoms with Crippen LogP contribution in [0.4, 0.5) is 0 Å². The molecule has 0 saturated carbocycles. The Kier molecular flexibility index (Phi) is 5.45. The van der Waals surface area contributed by atoms with E-state index in [9.17, 15) is 8.42 Å². The van der Waals surface area contributed by atoms with E-state index in [0.29, 0.717) is 29.1 Å². The van der Waals surface area contributed by atoms with Crippen LogP contribution < -0.4 is 0 Å². The van der Waals surface area contributed by atoms with Gasteiger partial charge in [0.15, 0.2) is 0 Å². The smallest absolute Gasteiger partial charge is 0.244 e. The first-order valence-electron chi connectivity index (χ1n) is 6.89. The maximum Gasteiger partial charge on any atom is 0.244 e. The summed E-state index contributed by atoms with van der Waals surface area (Å²) in [5.41, 5.74) is 0.853. The van der Waals surface area contributed by atoms with Crippen LogP contribution in [0.25, 0.3) is 0 Å². The lowest BCUT2D eigenvalue weighted by atomic mass is 10.3. The van der Waals surface area contributed by atoms with E-state index in [2.05, 4.69) is 6.92 Å². The van der Waals surface area contributed by atoms with Crippen molar-refractivity contribution in [2.45, 2.75) is 42.8 Å². The molecule has 4 nitrogen and oxygen atoms in total. The van der Waals surface area contributed by atoms with Crippen LogP contribution in [0.15, 0.2) is 17.2 Å². The van der Waals surface area contributed by atoms with Crippen LogP contribution in [-0.2, 0) is 22.4 Å². The minimum Gasteiger partial charge on any atom is -0.349 e. The molecule has 2 rings (SSSR count). The summed E-state index contributed by atoms with van der Waals surface area (Å²) in [4.78, 5) is 0.372. The van der Waals surface area contributed by atoms with E-state index in [-0.39, 0.29) is 0 Å². The molecule has 7 heteroatoms. The lowest BCUT2D eigenvalue weighted by Gasteiger charge is -2.30. The van der Waals surface area contributed by atoms with Gasteiger partial charge in [-0.2, -0.15) is 16.1 Å². The van der Waals surface area contributed by atoms with E-state index in [1.165, 1.54) is 0 Å². The van der Waals surface area contributed by atoms with Gasteiger partial charge in [-0.25, -0.2) is 8.42 Å². The maximum absolute atomic E-state index is 12.7. The van der Waals surface area contributed by atoms with E-state index in [1.54, 1.807) is 16.6 Å². The first-order chi connectivity index (χ1) is 9.52. The predicted octanol–water partition coefficient (Wildman–Crippen LogP) is 2.76. The van der Waals surface area contributed by atoms with Crippen LogP contribution in [0.3, 0.4) is 0 Å². The highest BCUT2D eigenvalue weighted by atomic mass is 35.5. The van der Waals surface area contributed by atoms with Crippen molar-refractivity contribution in [1.29, 1.82) is 0 Å². The van der Waals surface area contributed by atoms with Crippen molar-refractivity contribution in [3.63, 3.8) is 0 Å². The maximum atomic E-state index is 12.7. The molecule has 114 valence electrons. The Morgan fingerprint density at radius 2 is 2.20 bits per heavy atom. The number of alkyl halides is 1. The minimum atomic E-state index is -3.39. The topological polar surface area (TPSA) is 42.3 Å². The van der Waals surface area contributed by atoms with E-state index in [0.717, 1.165) is 24.4 Å². The molecular weight excluding hydrogens is 316 g/mol. The summed E-state index contributed by atoms with van der Waals surface area (Å²) < 4.78 is 28.9. The second-order valence-corrected chi connectivity index (χ2v) is 8.46. The number of hydrogen-bond acceptors (Lipinski definition) is 3. The van der Waals surface area contributed by atoms with Crippen LogP contribution in [0, 0.1) is 0 Å². The van der Waals surface area contributed by atoms with Gasteiger partial charge < -0.3 is 4.57 Å². The second kappa shape index (κ2) is 6.73. The number of aromatic nitrogens is 1. The molecule has 1 fully saturated rings. The highest BCUT2D eigenvalue weighted by Gasteiger charge is 2.31. The Balaban J connectivity index is 2.27. The van der Waals surface area contributed by atoms with Crippen molar-refractivity contribution in [2.75, 3.05) is 18.8 Å². The summed E-state index contributed by atoms with van der Waals surface area (Å²) in [6.07, 6.45) is 2.70. The van der Waals surface area contributed by atoms with Crippen molar-refractivity contribution in [1.82, 2.24) is 8.87 Å². The summed E-state index contributed by atoms with van der Waals surface area (Å²) in [6.45, 7) is 6.02. The highest BCUT2D eigenvalue weighted by molar-refractivity contribution is 8.00. The molecular formula is C13H21ClN2O2S2. The van der Waals surface area contributed by atoms with E-state index < -0.39 is 10.0 Å². The molecule has 0 amide bonds. The Hall–Kier alpha value is -0.170. The summed E-state index contributed by atoms with van der Waals surface area (Å²) in [6, 6.07) is 1.70. The summed E-state index contributed by atoms with van der Waals surface area (Å²) in [7, 11) is -3.39. The number of sulfonamides is 1. The molecule has 2 heterocycles. The molecule has 0 aromatic carbocycles. The first-order valence-corrected chi connectivity index (χ1v) is 9.92. The normalized spacial score (nSPS) is 21.2. The third-order valence-corrected chi connectivity index (χ3v) is 7.11. The van der Waals surface area contributed by atoms with Crippen molar-refractivity contribution in [3.8, 4) is 0 Å². The van der Waals surface area contributed by atoms with Gasteiger partial charge in [0.05, 0.1) is 5.88 Å². The molecule has 1 unspecified atom stereocenters. The van der Waals surface area contributed by atoms with Crippen LogP contribution in [0.5, 0.6) is 0 Å². The molecule has 0 spiro atoms. The predicted molar refractivity (Wildman–Crippen MR) is 85.0 cm³/mol. The van der Waals surface area contributed by atoms with Gasteiger partial charge in [0.1, 0.15) is 4.90 Å². The standard InChI is InChI=1S/C13H21ClN2O2S2/c1-3-12-9-16(5-6-19-12)20(17,18)13-7-11(8-14)15(4-2)10-13/h7,10,12H,3-6,8-9H2,1-2H3. The van der Waals surface area contributed by atoms with Gasteiger partial charge in [0, 0.05) is 42.5 Å². The van der Waals surface area contributed by atoms with Crippen molar-refractivity contribution >= 4 is 33.4 Å². The highest BCUT2D eigenvalue weighted by Crippen LogP contribution is 2.27. The number of halogens is 1. The molecule has 1 aromatic heterocycles. The number of thioether (sulfide) groups is 1. The lowest BCUT2D eigenvalue weighted by molar-refractivity contribution is 0.416. The Morgan fingerprint density at radius 1 is 1.45 bits per heavy atom. The average Bonchev–Trinajstić information content (AvgIpc) is 2.91. The van der Waals surface area contributed by atoms with Crippen LogP contribution >= 0.6 is 23.4 Å². The van der Waals surface area contributed by atoms with Gasteiger partial charge in [-0.05, 0) is 19.4 Å². The molecule has 1 aromatic rings. The number of aryl methyl sites for hydroxylation is 1. The molecule has 20 heavy (non-hydrogen) atoms. The van der Waals surface area contributed by atoms with Gasteiger partial charge in [-0.1, -0.05) is 6.92 Å². The molecule has 0 N–H and O–H groups in total. The SMILES string of the molecule is CCC1CN(S(=O)(=O)c2cc(CCl)n(CC)c2)CCS1. The third kappa shape index (κ3) is 3.18. The summed E-state index contributed by atoms with van der Waals surface area (Å²) in [5.74, 6) is 1.20.